The summed E-state index contributed by atoms with van der Waals surface area (Å²) in [5, 5.41) is 0. The van der Waals surface area contributed by atoms with Gasteiger partial charge in [0.2, 0.25) is 5.91 Å². The van der Waals surface area contributed by atoms with E-state index in [9.17, 15) is 22.8 Å². The van der Waals surface area contributed by atoms with E-state index in [0.29, 0.717) is 51.0 Å². The van der Waals surface area contributed by atoms with E-state index in [2.05, 4.69) is 0 Å². The van der Waals surface area contributed by atoms with Crippen molar-refractivity contribution in [2.75, 3.05) is 19.6 Å². The molecule has 0 spiro atoms. The Hall–Kier alpha value is -1.60. The van der Waals surface area contributed by atoms with Crippen molar-refractivity contribution < 1.29 is 22.8 Å². The standard InChI is InChI=1S/C19H25F3N2O2.ClH/c20-14-11-15(21)18(16(22)12-14)19(26)13-6-9-24(10-7-13)17(25)5-3-1-2-4-8-23;/h11-13H,1-10,23H2;1H. The molecule has 2 N–H and O–H groups in total. The van der Waals surface area contributed by atoms with Crippen LogP contribution in [0.3, 0.4) is 0 Å². The van der Waals surface area contributed by atoms with E-state index in [4.69, 9.17) is 5.73 Å². The number of nitrogens with two attached hydrogens (primary N) is 1. The number of carbonyl (C=O) groups excluding carboxylic acids is 2. The van der Waals surface area contributed by atoms with Crippen LogP contribution in [0.1, 0.15) is 55.3 Å². The molecule has 152 valence electrons. The molecule has 2 rings (SSSR count). The van der Waals surface area contributed by atoms with Gasteiger partial charge in [-0.25, -0.2) is 13.2 Å². The molecule has 4 nitrogen and oxygen atoms in total. The monoisotopic (exact) mass is 406 g/mol. The van der Waals surface area contributed by atoms with Crippen LogP contribution >= 0.6 is 12.4 Å². The van der Waals surface area contributed by atoms with Crippen molar-refractivity contribution >= 4 is 24.1 Å². The van der Waals surface area contributed by atoms with Gasteiger partial charge in [-0.2, -0.15) is 0 Å². The second kappa shape index (κ2) is 11.3. The molecule has 1 fully saturated rings. The highest BCUT2D eigenvalue weighted by Gasteiger charge is 2.31. The highest BCUT2D eigenvalue weighted by Crippen LogP contribution is 2.26. The Morgan fingerprint density at radius 3 is 2.11 bits per heavy atom. The average Bonchev–Trinajstić information content (AvgIpc) is 2.60. The molecule has 0 unspecified atom stereocenters. The molecule has 0 radical (unpaired) electrons. The highest BCUT2D eigenvalue weighted by atomic mass is 35.5. The van der Waals surface area contributed by atoms with Gasteiger partial charge >= 0.3 is 0 Å². The van der Waals surface area contributed by atoms with Gasteiger partial charge in [-0.3, -0.25) is 9.59 Å². The Labute approximate surface area is 163 Å². The number of rotatable bonds is 8. The van der Waals surface area contributed by atoms with Crippen molar-refractivity contribution in [2.24, 2.45) is 11.7 Å². The minimum Gasteiger partial charge on any atom is -0.343 e. The number of nitrogens with zero attached hydrogens (tertiary/aromatic N) is 1. The first kappa shape index (κ1) is 23.4. The fourth-order valence-corrected chi connectivity index (χ4v) is 3.31. The van der Waals surface area contributed by atoms with Crippen molar-refractivity contribution in [3.05, 3.63) is 35.1 Å². The lowest BCUT2D eigenvalue weighted by Crippen LogP contribution is -2.40. The third kappa shape index (κ3) is 6.50. The number of benzene rings is 1. The summed E-state index contributed by atoms with van der Waals surface area (Å²) in [5.74, 6) is -4.58. The molecule has 0 bridgehead atoms. The highest BCUT2D eigenvalue weighted by molar-refractivity contribution is 5.98. The predicted octanol–water partition coefficient (Wildman–Crippen LogP) is 3.86. The van der Waals surface area contributed by atoms with Crippen LogP contribution in [0, 0.1) is 23.4 Å². The minimum atomic E-state index is -1.18. The first-order valence-corrected chi connectivity index (χ1v) is 9.10. The van der Waals surface area contributed by atoms with Gasteiger partial charge < -0.3 is 10.6 Å². The fraction of sp³-hybridized carbons (Fsp3) is 0.579. The largest absolute Gasteiger partial charge is 0.343 e. The Morgan fingerprint density at radius 2 is 1.56 bits per heavy atom. The summed E-state index contributed by atoms with van der Waals surface area (Å²) in [7, 11) is 0. The number of piperidine rings is 1. The number of amides is 1. The minimum absolute atomic E-state index is 0. The summed E-state index contributed by atoms with van der Waals surface area (Å²) in [6.45, 7) is 1.44. The summed E-state index contributed by atoms with van der Waals surface area (Å²) in [6.07, 6.45) is 4.91. The van der Waals surface area contributed by atoms with Gasteiger partial charge in [0, 0.05) is 37.6 Å². The summed E-state index contributed by atoms with van der Waals surface area (Å²) in [4.78, 5) is 26.3. The first-order valence-electron chi connectivity index (χ1n) is 9.10. The lowest BCUT2D eigenvalue weighted by atomic mass is 9.88. The van der Waals surface area contributed by atoms with Gasteiger partial charge in [0.25, 0.3) is 0 Å². The Kier molecular flexibility index (Phi) is 9.80. The number of Topliss-reactive ketones (excluding diaryl/α,β-unsaturated/α-hetero) is 1. The molecule has 1 aliphatic rings. The van der Waals surface area contributed by atoms with Gasteiger partial charge in [0.1, 0.15) is 17.5 Å². The van der Waals surface area contributed by atoms with E-state index in [1.165, 1.54) is 0 Å². The van der Waals surface area contributed by atoms with E-state index in [1.807, 2.05) is 0 Å². The lowest BCUT2D eigenvalue weighted by Gasteiger charge is -2.31. The van der Waals surface area contributed by atoms with E-state index in [0.717, 1.165) is 25.7 Å². The first-order chi connectivity index (χ1) is 12.4. The molecule has 0 atom stereocenters. The average molecular weight is 407 g/mol. The molecule has 1 aromatic carbocycles. The van der Waals surface area contributed by atoms with Gasteiger partial charge in [-0.05, 0) is 32.2 Å². The zero-order valence-corrected chi connectivity index (χ0v) is 16.0. The molecule has 0 aliphatic carbocycles. The molecule has 27 heavy (non-hydrogen) atoms. The molecule has 8 heteroatoms. The van der Waals surface area contributed by atoms with Gasteiger partial charge in [-0.1, -0.05) is 12.8 Å². The number of ketones is 1. The molecule has 0 saturated carbocycles. The number of hydrogen-bond acceptors (Lipinski definition) is 3. The Bertz CT molecular complexity index is 627. The molecule has 1 saturated heterocycles. The molecule has 1 aliphatic heterocycles. The summed E-state index contributed by atoms with van der Waals surface area (Å²) < 4.78 is 40.5. The summed E-state index contributed by atoms with van der Waals surface area (Å²) in [5.41, 5.74) is 4.74. The smallest absolute Gasteiger partial charge is 0.222 e. The lowest BCUT2D eigenvalue weighted by molar-refractivity contribution is -0.132. The number of halogens is 4. The molecule has 1 amide bonds. The van der Waals surface area contributed by atoms with Crippen molar-refractivity contribution in [1.82, 2.24) is 4.90 Å². The van der Waals surface area contributed by atoms with E-state index in [-0.39, 0.29) is 18.3 Å². The van der Waals surface area contributed by atoms with Crippen molar-refractivity contribution in [3.8, 4) is 0 Å². The molecule has 1 aromatic rings. The normalized spacial score (nSPS) is 14.7. The van der Waals surface area contributed by atoms with Crippen LogP contribution < -0.4 is 5.73 Å². The fourth-order valence-electron chi connectivity index (χ4n) is 3.31. The van der Waals surface area contributed by atoms with Crippen LogP contribution in [0.15, 0.2) is 12.1 Å². The van der Waals surface area contributed by atoms with Crippen LogP contribution in [0.2, 0.25) is 0 Å². The van der Waals surface area contributed by atoms with Crippen molar-refractivity contribution in [3.63, 3.8) is 0 Å². The SMILES string of the molecule is Cl.NCCCCCCC(=O)N1CCC(C(=O)c2c(F)cc(F)cc2F)CC1. The number of hydrogen-bond donors (Lipinski definition) is 1. The van der Waals surface area contributed by atoms with Crippen LogP contribution in [0.25, 0.3) is 0 Å². The van der Waals surface area contributed by atoms with Crippen molar-refractivity contribution in [2.45, 2.75) is 44.9 Å². The van der Waals surface area contributed by atoms with Gasteiger partial charge in [0.05, 0.1) is 5.56 Å². The zero-order chi connectivity index (χ0) is 19.1. The van der Waals surface area contributed by atoms with Crippen LogP contribution in [0.4, 0.5) is 13.2 Å². The van der Waals surface area contributed by atoms with E-state index in [1.54, 1.807) is 4.90 Å². The molecular weight excluding hydrogens is 381 g/mol. The van der Waals surface area contributed by atoms with E-state index < -0.39 is 34.7 Å². The van der Waals surface area contributed by atoms with Gasteiger partial charge in [-0.15, -0.1) is 12.4 Å². The van der Waals surface area contributed by atoms with Crippen LogP contribution in [-0.4, -0.2) is 36.2 Å². The maximum absolute atomic E-state index is 13.8. The number of unbranched alkanes of at least 4 members (excludes halogenated alkanes) is 3. The summed E-state index contributed by atoms with van der Waals surface area (Å²) >= 11 is 0. The maximum Gasteiger partial charge on any atom is 0.222 e. The van der Waals surface area contributed by atoms with E-state index >= 15 is 0 Å². The predicted molar refractivity (Wildman–Crippen MR) is 99.3 cm³/mol. The van der Waals surface area contributed by atoms with Gasteiger partial charge in [0.15, 0.2) is 5.78 Å². The second-order valence-electron chi connectivity index (χ2n) is 6.72. The molecular formula is C19H26ClF3N2O2. The Morgan fingerprint density at radius 1 is 1.00 bits per heavy atom. The number of carbonyl (C=O) groups is 2. The Balaban J connectivity index is 0.00000364. The topological polar surface area (TPSA) is 63.4 Å². The second-order valence-corrected chi connectivity index (χ2v) is 6.72. The third-order valence-electron chi connectivity index (χ3n) is 4.82. The maximum atomic E-state index is 13.8. The number of likely N-dealkylation sites (tertiary alicyclic amines) is 1. The van der Waals surface area contributed by atoms with Crippen molar-refractivity contribution in [1.29, 1.82) is 0 Å². The molecule has 0 aromatic heterocycles. The molecule has 1 heterocycles. The van der Waals surface area contributed by atoms with Crippen LogP contribution in [-0.2, 0) is 4.79 Å². The summed E-state index contributed by atoms with van der Waals surface area (Å²) in [6, 6.07) is 1.03. The quantitative estimate of drug-likeness (QED) is 0.526. The zero-order valence-electron chi connectivity index (χ0n) is 15.2. The van der Waals surface area contributed by atoms with Crippen LogP contribution in [0.5, 0.6) is 0 Å². The third-order valence-corrected chi connectivity index (χ3v) is 4.82.